The molecule has 1 aromatic rings. The lowest BCUT2D eigenvalue weighted by atomic mass is 9.85. The molecule has 1 rings (SSSR count). The molecule has 0 bridgehead atoms. The molecule has 1 N–H and O–H groups in total. The van der Waals surface area contributed by atoms with Crippen LogP contribution in [0.1, 0.15) is 46.1 Å². The van der Waals surface area contributed by atoms with Gasteiger partial charge in [-0.25, -0.2) is 22.0 Å². The minimum atomic E-state index is -3.71. The Bertz CT molecular complexity index is 831. The van der Waals surface area contributed by atoms with Crippen LogP contribution in [0.3, 0.4) is 0 Å². The third-order valence-electron chi connectivity index (χ3n) is 4.17. The maximum Gasteiger partial charge on any atom is 0.408 e. The van der Waals surface area contributed by atoms with Crippen molar-refractivity contribution in [3.05, 3.63) is 35.6 Å². The molecule has 2 atom stereocenters. The molecule has 0 heterocycles. The van der Waals surface area contributed by atoms with Crippen LogP contribution >= 0.6 is 0 Å². The van der Waals surface area contributed by atoms with Crippen molar-refractivity contribution < 1.29 is 26.7 Å². The zero-order chi connectivity index (χ0) is 21.6. The maximum absolute atomic E-state index is 14.4. The van der Waals surface area contributed by atoms with Crippen LogP contribution in [0.4, 0.5) is 13.6 Å². The molecule has 0 aromatic heterocycles. The molecule has 1 amide bonds. The highest BCUT2D eigenvalue weighted by molar-refractivity contribution is 7.92. The maximum atomic E-state index is 14.4. The van der Waals surface area contributed by atoms with Gasteiger partial charge in [0.15, 0.2) is 9.84 Å². The Morgan fingerprint density at radius 1 is 1.32 bits per heavy atom. The molecule has 0 spiro atoms. The number of hydrogen-bond donors (Lipinski definition) is 1. The fraction of sp³-hybridized carbons (Fsp3) is 0.579. The van der Waals surface area contributed by atoms with Crippen molar-refractivity contribution in [2.45, 2.75) is 56.9 Å². The first-order chi connectivity index (χ1) is 12.9. The summed E-state index contributed by atoms with van der Waals surface area (Å²) >= 11 is 0. The van der Waals surface area contributed by atoms with Crippen LogP contribution < -0.4 is 5.32 Å². The van der Waals surface area contributed by atoms with Crippen molar-refractivity contribution in [2.24, 2.45) is 0 Å². The van der Waals surface area contributed by atoms with Gasteiger partial charge >= 0.3 is 6.09 Å². The Hall–Kier alpha value is -2.21. The molecule has 0 aliphatic heterocycles. The summed E-state index contributed by atoms with van der Waals surface area (Å²) in [5, 5.41) is 10.2. The van der Waals surface area contributed by atoms with Crippen LogP contribution in [0.15, 0.2) is 24.3 Å². The third kappa shape index (κ3) is 6.16. The number of halogens is 2. The van der Waals surface area contributed by atoms with Gasteiger partial charge in [0, 0.05) is 11.3 Å². The Labute approximate surface area is 164 Å². The number of nitrogens with one attached hydrogen (secondary N) is 1. The summed E-state index contributed by atoms with van der Waals surface area (Å²) in [6.07, 6.45) is -1.55. The molecule has 1 aromatic carbocycles. The lowest BCUT2D eigenvalue weighted by Crippen LogP contribution is -2.50. The van der Waals surface area contributed by atoms with Crippen LogP contribution in [-0.4, -0.2) is 37.8 Å². The van der Waals surface area contributed by atoms with E-state index in [0.717, 1.165) is 6.07 Å². The van der Waals surface area contributed by atoms with Gasteiger partial charge in [-0.05, 0) is 39.7 Å². The van der Waals surface area contributed by atoms with Gasteiger partial charge in [0.05, 0.1) is 11.6 Å². The Morgan fingerprint density at radius 2 is 1.93 bits per heavy atom. The van der Waals surface area contributed by atoms with Crippen LogP contribution in [0.2, 0.25) is 0 Å². The number of carbonyl (C=O) groups excluding carboxylic acids is 1. The fourth-order valence-electron chi connectivity index (χ4n) is 2.69. The minimum Gasteiger partial charge on any atom is -0.444 e. The predicted octanol–water partition coefficient (Wildman–Crippen LogP) is 3.62. The van der Waals surface area contributed by atoms with Crippen molar-refractivity contribution >= 4 is 15.9 Å². The average molecular weight is 416 g/mol. The van der Waals surface area contributed by atoms with E-state index in [1.165, 1.54) is 25.1 Å². The first-order valence-corrected chi connectivity index (χ1v) is 10.6. The normalized spacial score (nSPS) is 15.2. The second kappa shape index (κ2) is 9.32. The molecule has 0 fully saturated rings. The van der Waals surface area contributed by atoms with Crippen LogP contribution in [0.5, 0.6) is 0 Å². The lowest BCUT2D eigenvalue weighted by molar-refractivity contribution is 0.0417. The van der Waals surface area contributed by atoms with E-state index in [1.807, 2.05) is 0 Å². The van der Waals surface area contributed by atoms with Gasteiger partial charge in [-0.3, -0.25) is 0 Å². The van der Waals surface area contributed by atoms with Crippen molar-refractivity contribution in [3.63, 3.8) is 0 Å². The molecule has 0 saturated carbocycles. The van der Waals surface area contributed by atoms with Crippen LogP contribution in [0.25, 0.3) is 0 Å². The summed E-state index contributed by atoms with van der Waals surface area (Å²) in [4.78, 5) is 12.3. The third-order valence-corrected chi connectivity index (χ3v) is 6.18. The van der Waals surface area contributed by atoms with E-state index >= 15 is 0 Å². The number of benzene rings is 1. The van der Waals surface area contributed by atoms with Crippen molar-refractivity contribution in [1.82, 2.24) is 5.32 Å². The molecule has 1 unspecified atom stereocenters. The zero-order valence-electron chi connectivity index (χ0n) is 16.5. The van der Waals surface area contributed by atoms with E-state index in [4.69, 9.17) is 4.74 Å². The second-order valence-corrected chi connectivity index (χ2v) is 9.90. The van der Waals surface area contributed by atoms with E-state index in [1.54, 1.807) is 26.8 Å². The molecule has 156 valence electrons. The number of amides is 1. The van der Waals surface area contributed by atoms with E-state index in [0.29, 0.717) is 0 Å². The van der Waals surface area contributed by atoms with Gasteiger partial charge in [-0.2, -0.15) is 5.26 Å². The van der Waals surface area contributed by atoms with E-state index in [-0.39, 0.29) is 24.2 Å². The number of ether oxygens (including phenoxy) is 1. The highest BCUT2D eigenvalue weighted by atomic mass is 32.2. The quantitative estimate of drug-likeness (QED) is 0.698. The smallest absolute Gasteiger partial charge is 0.408 e. The Balaban J connectivity index is 3.29. The highest BCUT2D eigenvalue weighted by Crippen LogP contribution is 2.31. The van der Waals surface area contributed by atoms with Gasteiger partial charge < -0.3 is 10.1 Å². The number of nitriles is 1. The second-order valence-electron chi connectivity index (χ2n) is 7.43. The standard InChI is InChI=1S/C19H26F2N2O4S/c1-5-28(25,26)14(12-22)10-11-19(13-20,15-8-6-7-9-16(15)21)23-17(24)27-18(2,3)4/h6-9,14H,5,10-11,13H2,1-4H3,(H,23,24)/t14?,19-/m1/s1. The van der Waals surface area contributed by atoms with Crippen LogP contribution in [-0.2, 0) is 20.1 Å². The van der Waals surface area contributed by atoms with Crippen molar-refractivity contribution in [2.75, 3.05) is 12.4 Å². The molecular formula is C19H26F2N2O4S. The van der Waals surface area contributed by atoms with E-state index in [2.05, 4.69) is 5.32 Å². The minimum absolute atomic E-state index is 0.144. The first-order valence-electron chi connectivity index (χ1n) is 8.84. The fourth-order valence-corrected chi connectivity index (χ4v) is 3.73. The molecular weight excluding hydrogens is 390 g/mol. The molecule has 9 heteroatoms. The number of nitrogens with zero attached hydrogens (tertiary/aromatic N) is 1. The summed E-state index contributed by atoms with van der Waals surface area (Å²) in [6.45, 7) is 5.04. The van der Waals surface area contributed by atoms with E-state index < -0.39 is 44.8 Å². The van der Waals surface area contributed by atoms with Gasteiger partial charge in [-0.1, -0.05) is 25.1 Å². The summed E-state index contributed by atoms with van der Waals surface area (Å²) in [6, 6.07) is 7.01. The van der Waals surface area contributed by atoms with Gasteiger partial charge in [0.1, 0.15) is 23.3 Å². The first kappa shape index (κ1) is 23.8. The number of alkyl carbamates (subject to hydrolysis) is 1. The van der Waals surface area contributed by atoms with Crippen molar-refractivity contribution in [1.29, 1.82) is 5.26 Å². The Morgan fingerprint density at radius 3 is 2.39 bits per heavy atom. The van der Waals surface area contributed by atoms with Crippen LogP contribution in [0, 0.1) is 17.1 Å². The average Bonchev–Trinajstić information content (AvgIpc) is 2.60. The number of alkyl halides is 1. The molecule has 28 heavy (non-hydrogen) atoms. The van der Waals surface area contributed by atoms with Crippen molar-refractivity contribution in [3.8, 4) is 6.07 Å². The molecule has 0 saturated heterocycles. The summed E-state index contributed by atoms with van der Waals surface area (Å²) in [5.74, 6) is -1.02. The van der Waals surface area contributed by atoms with Gasteiger partial charge in [0.2, 0.25) is 0 Å². The summed E-state index contributed by atoms with van der Waals surface area (Å²) in [7, 11) is -3.71. The monoisotopic (exact) mass is 416 g/mol. The summed E-state index contributed by atoms with van der Waals surface area (Å²) in [5.41, 5.74) is -2.89. The Kier molecular flexibility index (Phi) is 7.94. The molecule has 0 aliphatic carbocycles. The van der Waals surface area contributed by atoms with Gasteiger partial charge in [-0.15, -0.1) is 0 Å². The summed E-state index contributed by atoms with van der Waals surface area (Å²) < 4.78 is 57.9. The number of carbonyl (C=O) groups is 1. The number of hydrogen-bond acceptors (Lipinski definition) is 5. The zero-order valence-corrected chi connectivity index (χ0v) is 17.3. The molecule has 0 radical (unpaired) electrons. The number of rotatable bonds is 8. The lowest BCUT2D eigenvalue weighted by Gasteiger charge is -2.34. The van der Waals surface area contributed by atoms with E-state index in [9.17, 15) is 27.3 Å². The molecule has 0 aliphatic rings. The van der Waals surface area contributed by atoms with Gasteiger partial charge in [0.25, 0.3) is 0 Å². The highest BCUT2D eigenvalue weighted by Gasteiger charge is 2.39. The number of sulfone groups is 1. The largest absolute Gasteiger partial charge is 0.444 e. The SMILES string of the molecule is CCS(=O)(=O)C(C#N)CC[C@](CF)(NC(=O)OC(C)(C)C)c1ccccc1F. The predicted molar refractivity (Wildman–Crippen MR) is 102 cm³/mol. The topological polar surface area (TPSA) is 96.3 Å². The molecule has 6 nitrogen and oxygen atoms in total.